The second-order valence-corrected chi connectivity index (χ2v) is 6.74. The van der Waals surface area contributed by atoms with Gasteiger partial charge in [0.15, 0.2) is 0 Å². The highest BCUT2D eigenvalue weighted by Gasteiger charge is 2.22. The van der Waals surface area contributed by atoms with Crippen molar-refractivity contribution in [3.63, 3.8) is 0 Å². The molecule has 0 unspecified atom stereocenters. The Kier molecular flexibility index (Phi) is 5.33. The Bertz CT molecular complexity index is 638. The Morgan fingerprint density at radius 1 is 1.22 bits per heavy atom. The van der Waals surface area contributed by atoms with E-state index in [-0.39, 0.29) is 11.7 Å². The molecule has 1 fully saturated rings. The lowest BCUT2D eigenvalue weighted by Crippen LogP contribution is -2.27. The van der Waals surface area contributed by atoms with E-state index in [0.29, 0.717) is 11.1 Å². The van der Waals surface area contributed by atoms with Gasteiger partial charge in [-0.05, 0) is 25.0 Å². The van der Waals surface area contributed by atoms with Crippen molar-refractivity contribution in [1.29, 1.82) is 0 Å². The number of carbonyl (C=O) groups is 1. The van der Waals surface area contributed by atoms with Gasteiger partial charge in [0.2, 0.25) is 11.8 Å². The van der Waals surface area contributed by atoms with Crippen molar-refractivity contribution in [2.75, 3.05) is 17.7 Å². The van der Waals surface area contributed by atoms with Crippen LogP contribution in [0.1, 0.15) is 43.9 Å². The van der Waals surface area contributed by atoms with Gasteiger partial charge < -0.3 is 9.32 Å². The minimum atomic E-state index is 0.0126. The third-order valence-electron chi connectivity index (χ3n) is 4.21. The predicted octanol–water partition coefficient (Wildman–Crippen LogP) is 3.87. The first-order chi connectivity index (χ1) is 11.2. The molecule has 0 atom stereocenters. The Morgan fingerprint density at radius 3 is 2.70 bits per heavy atom. The number of rotatable bonds is 5. The summed E-state index contributed by atoms with van der Waals surface area (Å²) >= 11 is 1.30. The molecule has 1 amide bonds. The minimum Gasteiger partial charge on any atom is -0.416 e. The van der Waals surface area contributed by atoms with E-state index < -0.39 is 0 Å². The van der Waals surface area contributed by atoms with Crippen molar-refractivity contribution in [3.8, 4) is 0 Å². The van der Waals surface area contributed by atoms with Gasteiger partial charge in [0.1, 0.15) is 0 Å². The van der Waals surface area contributed by atoms with Gasteiger partial charge in [-0.25, -0.2) is 0 Å². The second-order valence-electron chi connectivity index (χ2n) is 5.82. The fraction of sp³-hybridized carbons (Fsp3) is 0.471. The average Bonchev–Trinajstić information content (AvgIpc) is 3.09. The van der Waals surface area contributed by atoms with E-state index in [2.05, 4.69) is 10.2 Å². The summed E-state index contributed by atoms with van der Waals surface area (Å²) in [5.74, 6) is 1.43. The molecule has 5 nitrogen and oxygen atoms in total. The second kappa shape index (κ2) is 7.64. The van der Waals surface area contributed by atoms with Crippen molar-refractivity contribution >= 4 is 23.4 Å². The van der Waals surface area contributed by atoms with E-state index >= 15 is 0 Å². The molecule has 122 valence electrons. The Morgan fingerprint density at radius 2 is 1.96 bits per heavy atom. The summed E-state index contributed by atoms with van der Waals surface area (Å²) in [5, 5.41) is 8.72. The topological polar surface area (TPSA) is 59.2 Å². The zero-order chi connectivity index (χ0) is 16.1. The van der Waals surface area contributed by atoms with Crippen molar-refractivity contribution < 1.29 is 9.21 Å². The van der Waals surface area contributed by atoms with Gasteiger partial charge in [-0.3, -0.25) is 4.79 Å². The zero-order valence-corrected chi connectivity index (χ0v) is 14.1. The van der Waals surface area contributed by atoms with E-state index in [1.807, 2.05) is 30.3 Å². The summed E-state index contributed by atoms with van der Waals surface area (Å²) in [6.45, 7) is 0. The highest BCUT2D eigenvalue weighted by Crippen LogP contribution is 2.32. The van der Waals surface area contributed by atoms with E-state index in [1.54, 1.807) is 11.9 Å². The summed E-state index contributed by atoms with van der Waals surface area (Å²) in [6, 6.07) is 9.59. The number of para-hydroxylation sites is 1. The van der Waals surface area contributed by atoms with E-state index in [4.69, 9.17) is 4.42 Å². The summed E-state index contributed by atoms with van der Waals surface area (Å²) in [6.07, 6.45) is 6.02. The molecular formula is C17H21N3O2S. The van der Waals surface area contributed by atoms with Gasteiger partial charge >= 0.3 is 0 Å². The largest absolute Gasteiger partial charge is 0.416 e. The molecule has 1 saturated carbocycles. The Labute approximate surface area is 140 Å². The van der Waals surface area contributed by atoms with Crippen LogP contribution in [-0.4, -0.2) is 28.9 Å². The molecule has 0 saturated heterocycles. The monoisotopic (exact) mass is 331 g/mol. The number of nitrogens with zero attached hydrogens (tertiary/aromatic N) is 3. The lowest BCUT2D eigenvalue weighted by molar-refractivity contribution is -0.115. The van der Waals surface area contributed by atoms with Crippen LogP contribution >= 0.6 is 11.8 Å². The van der Waals surface area contributed by atoms with Crippen molar-refractivity contribution in [1.82, 2.24) is 10.2 Å². The van der Waals surface area contributed by atoms with Crippen LogP contribution in [-0.2, 0) is 4.79 Å². The fourth-order valence-corrected chi connectivity index (χ4v) is 3.49. The van der Waals surface area contributed by atoms with Gasteiger partial charge in [-0.15, -0.1) is 10.2 Å². The van der Waals surface area contributed by atoms with Crippen LogP contribution in [0.3, 0.4) is 0 Å². The van der Waals surface area contributed by atoms with Crippen LogP contribution in [0.5, 0.6) is 0 Å². The first kappa shape index (κ1) is 16.1. The van der Waals surface area contributed by atoms with E-state index in [0.717, 1.165) is 24.4 Å². The van der Waals surface area contributed by atoms with Gasteiger partial charge in [-0.2, -0.15) is 0 Å². The zero-order valence-electron chi connectivity index (χ0n) is 13.3. The van der Waals surface area contributed by atoms with E-state index in [9.17, 15) is 4.79 Å². The number of hydrogen-bond acceptors (Lipinski definition) is 5. The quantitative estimate of drug-likeness (QED) is 0.778. The molecule has 2 aromatic rings. The molecular weight excluding hydrogens is 310 g/mol. The molecule has 0 N–H and O–H groups in total. The van der Waals surface area contributed by atoms with Crippen LogP contribution in [0.4, 0.5) is 5.69 Å². The van der Waals surface area contributed by atoms with Gasteiger partial charge in [-0.1, -0.05) is 49.2 Å². The maximum absolute atomic E-state index is 12.2. The number of hydrogen-bond donors (Lipinski definition) is 0. The average molecular weight is 331 g/mol. The number of thioether (sulfide) groups is 1. The number of benzene rings is 1. The molecule has 23 heavy (non-hydrogen) atoms. The van der Waals surface area contributed by atoms with Crippen molar-refractivity contribution in [3.05, 3.63) is 36.2 Å². The van der Waals surface area contributed by atoms with Crippen LogP contribution in [0, 0.1) is 0 Å². The van der Waals surface area contributed by atoms with Gasteiger partial charge in [0.05, 0.1) is 5.75 Å². The number of amides is 1. The SMILES string of the molecule is CN(C(=O)CSc1nnc(C2CCCCC2)o1)c1ccccc1. The van der Waals surface area contributed by atoms with Crippen LogP contribution < -0.4 is 4.90 Å². The van der Waals surface area contributed by atoms with Crippen LogP contribution in [0.15, 0.2) is 40.0 Å². The van der Waals surface area contributed by atoms with E-state index in [1.165, 1.54) is 31.0 Å². The molecule has 0 spiro atoms. The Hall–Kier alpha value is -1.82. The summed E-state index contributed by atoms with van der Waals surface area (Å²) in [5.41, 5.74) is 0.881. The Balaban J connectivity index is 1.54. The van der Waals surface area contributed by atoms with Crippen LogP contribution in [0.25, 0.3) is 0 Å². The molecule has 1 aliphatic rings. The number of anilines is 1. The maximum Gasteiger partial charge on any atom is 0.277 e. The van der Waals surface area contributed by atoms with Crippen molar-refractivity contribution in [2.45, 2.75) is 43.2 Å². The third kappa shape index (κ3) is 4.13. The third-order valence-corrected chi connectivity index (χ3v) is 5.02. The number of carbonyl (C=O) groups excluding carboxylic acids is 1. The molecule has 1 heterocycles. The molecule has 1 aliphatic carbocycles. The molecule has 0 bridgehead atoms. The lowest BCUT2D eigenvalue weighted by Gasteiger charge is -2.17. The normalized spacial score (nSPS) is 15.5. The molecule has 0 radical (unpaired) electrons. The highest BCUT2D eigenvalue weighted by molar-refractivity contribution is 7.99. The van der Waals surface area contributed by atoms with Gasteiger partial charge in [0.25, 0.3) is 5.22 Å². The van der Waals surface area contributed by atoms with Crippen molar-refractivity contribution in [2.24, 2.45) is 0 Å². The summed E-state index contributed by atoms with van der Waals surface area (Å²) in [4.78, 5) is 13.9. The maximum atomic E-state index is 12.2. The first-order valence-corrected chi connectivity index (χ1v) is 9.00. The molecule has 0 aliphatic heterocycles. The highest BCUT2D eigenvalue weighted by atomic mass is 32.2. The molecule has 3 rings (SSSR count). The number of aromatic nitrogens is 2. The van der Waals surface area contributed by atoms with Crippen LogP contribution in [0.2, 0.25) is 0 Å². The summed E-state index contributed by atoms with van der Waals surface area (Å²) < 4.78 is 5.73. The minimum absolute atomic E-state index is 0.0126. The molecule has 1 aromatic carbocycles. The standard InChI is InChI=1S/C17H21N3O2S/c1-20(14-10-6-3-7-11-14)15(21)12-23-17-19-18-16(22-17)13-8-4-2-5-9-13/h3,6-7,10-11,13H,2,4-5,8-9,12H2,1H3. The smallest absolute Gasteiger partial charge is 0.277 e. The molecule has 6 heteroatoms. The fourth-order valence-electron chi connectivity index (χ4n) is 2.81. The first-order valence-electron chi connectivity index (χ1n) is 8.02. The van der Waals surface area contributed by atoms with Gasteiger partial charge in [0, 0.05) is 18.7 Å². The summed E-state index contributed by atoms with van der Waals surface area (Å²) in [7, 11) is 1.78. The predicted molar refractivity (Wildman–Crippen MR) is 90.7 cm³/mol. The molecule has 1 aromatic heterocycles. The lowest BCUT2D eigenvalue weighted by atomic mass is 9.89.